The third-order valence-corrected chi connectivity index (χ3v) is 7.96. The maximum Gasteiger partial charge on any atom is 0.343 e. The van der Waals surface area contributed by atoms with Crippen LogP contribution in [-0.4, -0.2) is 67.8 Å². The molecule has 1 unspecified atom stereocenters. The number of benzene rings is 3. The van der Waals surface area contributed by atoms with Gasteiger partial charge in [0.2, 0.25) is 11.5 Å². The second-order valence-electron chi connectivity index (χ2n) is 10.6. The van der Waals surface area contributed by atoms with E-state index in [4.69, 9.17) is 42.1 Å². The number of esters is 1. The van der Waals surface area contributed by atoms with Gasteiger partial charge in [-0.3, -0.25) is 9.69 Å². The first-order valence-electron chi connectivity index (χ1n) is 14.6. The first-order valence-corrected chi connectivity index (χ1v) is 15.4. The SMILES string of the molecule is CCCN(CCOc1c(OC)cccc1OC)CCC1=CC=C(OC(=O)c2ccc(Cl)cc2)C(O)(C(=O)c2ccc(Cl)cc2)C1. The van der Waals surface area contributed by atoms with Crippen LogP contribution in [0.4, 0.5) is 0 Å². The Bertz CT molecular complexity index is 1510. The van der Waals surface area contributed by atoms with Gasteiger partial charge in [0.1, 0.15) is 12.4 Å². The summed E-state index contributed by atoms with van der Waals surface area (Å²) in [5, 5.41) is 12.8. The molecule has 8 nitrogen and oxygen atoms in total. The highest BCUT2D eigenvalue weighted by atomic mass is 35.5. The average Bonchev–Trinajstić information content (AvgIpc) is 3.05. The first-order chi connectivity index (χ1) is 21.7. The van der Waals surface area contributed by atoms with Crippen LogP contribution in [0.3, 0.4) is 0 Å². The van der Waals surface area contributed by atoms with Crippen LogP contribution in [0, 0.1) is 0 Å². The molecular formula is C35H37Cl2NO7. The summed E-state index contributed by atoms with van der Waals surface area (Å²) in [5.41, 5.74) is -0.786. The van der Waals surface area contributed by atoms with Gasteiger partial charge in [-0.1, -0.05) is 47.8 Å². The van der Waals surface area contributed by atoms with E-state index in [1.54, 1.807) is 56.7 Å². The van der Waals surface area contributed by atoms with Crippen molar-refractivity contribution in [3.63, 3.8) is 0 Å². The summed E-state index contributed by atoms with van der Waals surface area (Å²) in [7, 11) is 3.17. The zero-order valence-electron chi connectivity index (χ0n) is 25.6. The van der Waals surface area contributed by atoms with Gasteiger partial charge in [-0.2, -0.15) is 0 Å². The Labute approximate surface area is 273 Å². The van der Waals surface area contributed by atoms with E-state index in [9.17, 15) is 14.7 Å². The summed E-state index contributed by atoms with van der Waals surface area (Å²) in [6.07, 6.45) is 4.77. The topological polar surface area (TPSA) is 94.5 Å². The van der Waals surface area contributed by atoms with Crippen molar-refractivity contribution in [2.24, 2.45) is 0 Å². The fourth-order valence-corrected chi connectivity index (χ4v) is 5.31. The van der Waals surface area contributed by atoms with Crippen molar-refractivity contribution in [1.29, 1.82) is 0 Å². The standard InChI is InChI=1S/C35H37Cl2NO7/c1-4-19-38(21-22-44-32-29(42-2)6-5-7-30(32)43-3)20-18-24-8-17-31(45-34(40)26-11-15-28(37)16-12-26)35(41,23-24)33(39)25-9-13-27(36)14-10-25/h5-17,41H,4,18-23H2,1-3H3. The van der Waals surface area contributed by atoms with Gasteiger partial charge in [-0.25, -0.2) is 4.79 Å². The largest absolute Gasteiger partial charge is 0.493 e. The van der Waals surface area contributed by atoms with E-state index < -0.39 is 17.4 Å². The van der Waals surface area contributed by atoms with Gasteiger partial charge in [0.05, 0.1) is 19.8 Å². The molecule has 10 heteroatoms. The van der Waals surface area contributed by atoms with Crippen molar-refractivity contribution in [2.45, 2.75) is 31.8 Å². The van der Waals surface area contributed by atoms with E-state index >= 15 is 0 Å². The molecule has 3 aromatic rings. The summed E-state index contributed by atoms with van der Waals surface area (Å²) in [5.74, 6) is 0.282. The number of halogens is 2. The number of para-hydroxylation sites is 1. The summed E-state index contributed by atoms with van der Waals surface area (Å²) in [6, 6.07) is 17.9. The van der Waals surface area contributed by atoms with E-state index in [2.05, 4.69) is 11.8 Å². The minimum absolute atomic E-state index is 0.0386. The lowest BCUT2D eigenvalue weighted by Gasteiger charge is -2.32. The van der Waals surface area contributed by atoms with Gasteiger partial charge in [0, 0.05) is 35.1 Å². The summed E-state index contributed by atoms with van der Waals surface area (Å²) < 4.78 is 22.6. The van der Waals surface area contributed by atoms with Gasteiger partial charge in [-0.05, 0) is 86.1 Å². The molecule has 0 heterocycles. The second-order valence-corrected chi connectivity index (χ2v) is 11.4. The van der Waals surface area contributed by atoms with Gasteiger partial charge in [0.15, 0.2) is 17.1 Å². The number of allylic oxidation sites excluding steroid dienone is 2. The number of carbonyl (C=O) groups excluding carboxylic acids is 2. The molecule has 0 fully saturated rings. The van der Waals surface area contributed by atoms with Crippen molar-refractivity contribution in [2.75, 3.05) is 40.5 Å². The number of rotatable bonds is 15. The highest BCUT2D eigenvalue weighted by Crippen LogP contribution is 2.37. The van der Waals surface area contributed by atoms with E-state index in [1.807, 2.05) is 18.2 Å². The molecule has 0 aromatic heterocycles. The molecule has 1 atom stereocenters. The molecule has 0 spiro atoms. The van der Waals surface area contributed by atoms with Crippen molar-refractivity contribution in [1.82, 2.24) is 4.90 Å². The van der Waals surface area contributed by atoms with Crippen molar-refractivity contribution in [3.05, 3.63) is 111 Å². The van der Waals surface area contributed by atoms with Crippen LogP contribution < -0.4 is 14.2 Å². The maximum absolute atomic E-state index is 13.8. The molecule has 0 amide bonds. The average molecular weight is 655 g/mol. The van der Waals surface area contributed by atoms with Crippen LogP contribution in [0.5, 0.6) is 17.2 Å². The Balaban J connectivity index is 1.49. The van der Waals surface area contributed by atoms with E-state index in [0.717, 1.165) is 18.5 Å². The third kappa shape index (κ3) is 8.67. The monoisotopic (exact) mass is 653 g/mol. The Morgan fingerprint density at radius 2 is 1.44 bits per heavy atom. The van der Waals surface area contributed by atoms with Crippen LogP contribution in [-0.2, 0) is 4.74 Å². The second kappa shape index (κ2) is 16.0. The van der Waals surface area contributed by atoms with Crippen molar-refractivity contribution < 1.29 is 33.6 Å². The Hall–Kier alpha value is -3.82. The predicted molar refractivity (Wildman–Crippen MR) is 175 cm³/mol. The molecule has 0 radical (unpaired) electrons. The molecular weight excluding hydrogens is 617 g/mol. The van der Waals surface area contributed by atoms with E-state index in [-0.39, 0.29) is 23.3 Å². The Morgan fingerprint density at radius 1 is 0.844 bits per heavy atom. The summed E-state index contributed by atoms with van der Waals surface area (Å²) in [6.45, 7) is 4.62. The number of hydrogen-bond acceptors (Lipinski definition) is 8. The Kier molecular flexibility index (Phi) is 12.1. The lowest BCUT2D eigenvalue weighted by molar-refractivity contribution is 0.0136. The lowest BCUT2D eigenvalue weighted by atomic mass is 9.81. The number of ether oxygens (including phenoxy) is 4. The van der Waals surface area contributed by atoms with Crippen molar-refractivity contribution in [3.8, 4) is 17.2 Å². The van der Waals surface area contributed by atoms with Crippen LogP contribution in [0.2, 0.25) is 10.0 Å². The van der Waals surface area contributed by atoms with Crippen molar-refractivity contribution >= 4 is 35.0 Å². The molecule has 45 heavy (non-hydrogen) atoms. The molecule has 1 aliphatic rings. The van der Waals surface area contributed by atoms with Gasteiger partial charge in [0.25, 0.3) is 0 Å². The number of nitrogens with zero attached hydrogens (tertiary/aromatic N) is 1. The van der Waals surface area contributed by atoms with E-state index in [0.29, 0.717) is 53.4 Å². The highest BCUT2D eigenvalue weighted by Gasteiger charge is 2.45. The van der Waals surface area contributed by atoms with Crippen LogP contribution in [0.1, 0.15) is 46.9 Å². The molecule has 0 saturated carbocycles. The zero-order valence-corrected chi connectivity index (χ0v) is 27.1. The summed E-state index contributed by atoms with van der Waals surface area (Å²) in [4.78, 5) is 29.0. The maximum atomic E-state index is 13.8. The molecule has 3 aromatic carbocycles. The minimum atomic E-state index is -2.10. The molecule has 4 rings (SSSR count). The van der Waals surface area contributed by atoms with Gasteiger partial charge >= 0.3 is 5.97 Å². The molecule has 0 aliphatic heterocycles. The molecule has 1 N–H and O–H groups in total. The molecule has 0 saturated heterocycles. The molecule has 0 bridgehead atoms. The lowest BCUT2D eigenvalue weighted by Crippen LogP contribution is -2.44. The van der Waals surface area contributed by atoms with Gasteiger partial charge < -0.3 is 24.1 Å². The van der Waals surface area contributed by atoms with Gasteiger partial charge in [-0.15, -0.1) is 0 Å². The van der Waals surface area contributed by atoms with E-state index in [1.165, 1.54) is 18.2 Å². The smallest absolute Gasteiger partial charge is 0.343 e. The first kappa shape index (κ1) is 34.1. The Morgan fingerprint density at radius 3 is 2.02 bits per heavy atom. The number of aliphatic hydroxyl groups is 1. The number of carbonyl (C=O) groups is 2. The fourth-order valence-electron chi connectivity index (χ4n) is 5.06. The number of ketones is 1. The number of methoxy groups -OCH3 is 2. The normalized spacial score (nSPS) is 16.1. The zero-order chi connectivity index (χ0) is 32.4. The van der Waals surface area contributed by atoms with Crippen LogP contribution >= 0.6 is 23.2 Å². The van der Waals surface area contributed by atoms with Crippen LogP contribution in [0.15, 0.2) is 90.2 Å². The van der Waals surface area contributed by atoms with Crippen LogP contribution in [0.25, 0.3) is 0 Å². The quantitative estimate of drug-likeness (QED) is 0.136. The number of hydrogen-bond donors (Lipinski definition) is 1. The fraction of sp³-hybridized carbons (Fsp3) is 0.314. The molecule has 1 aliphatic carbocycles. The third-order valence-electron chi connectivity index (χ3n) is 7.45. The predicted octanol–water partition coefficient (Wildman–Crippen LogP) is 7.18. The number of Topliss-reactive ketones (excluding diaryl/α,β-unsaturated/α-hetero) is 1. The summed E-state index contributed by atoms with van der Waals surface area (Å²) >= 11 is 12.0. The minimum Gasteiger partial charge on any atom is -0.493 e. The highest BCUT2D eigenvalue weighted by molar-refractivity contribution is 6.31. The molecule has 238 valence electrons.